The monoisotopic (exact) mass is 353 g/mol. The van der Waals surface area contributed by atoms with Gasteiger partial charge in [0.25, 0.3) is 0 Å². The van der Waals surface area contributed by atoms with Crippen LogP contribution in [0.5, 0.6) is 0 Å². The van der Waals surface area contributed by atoms with E-state index in [0.717, 1.165) is 43.3 Å². The first-order chi connectivity index (χ1) is 10.4. The highest BCUT2D eigenvalue weighted by atomic mass is 32.3. The minimum absolute atomic E-state index is 0.0472. The number of unbranched alkanes of at least 4 members (excludes halogenated alkanes) is 3. The van der Waals surface area contributed by atoms with E-state index in [2.05, 4.69) is 14.1 Å². The Morgan fingerprint density at radius 3 is 2.22 bits per heavy atom. The average molecular weight is 354 g/mol. The van der Waals surface area contributed by atoms with Gasteiger partial charge in [0.15, 0.2) is 0 Å². The van der Waals surface area contributed by atoms with Crippen LogP contribution in [0, 0.1) is 5.41 Å². The standard InChI is InChI=1S/C16H35NO5S/c1-6-16(2,3)15(18)22-13-12-17(4,5)11-9-7-8-10-14-23(19,20)21/h6-14H2,1-5H3,(H2-,19,20,21). The predicted octanol–water partition coefficient (Wildman–Crippen LogP) is 3.48. The lowest BCUT2D eigenvalue weighted by Gasteiger charge is -2.33. The first-order valence-corrected chi connectivity index (χ1v) is 10.00. The fourth-order valence-electron chi connectivity index (χ4n) is 2.02. The molecule has 0 radical (unpaired) electrons. The topological polar surface area (TPSA) is 89.8 Å². The summed E-state index contributed by atoms with van der Waals surface area (Å²) in [7, 11) is 0.632. The number of nitrogens with zero attached hydrogens (tertiary/aromatic N) is 1. The molecule has 0 rings (SSSR count). The molecule has 6 nitrogen and oxygen atoms in total. The van der Waals surface area contributed by atoms with Crippen LogP contribution in [0.4, 0.5) is 0 Å². The second kappa shape index (κ2) is 9.84. The predicted molar refractivity (Wildman–Crippen MR) is 93.8 cm³/mol. The molecule has 0 aromatic heterocycles. The molecule has 0 aliphatic heterocycles. The maximum atomic E-state index is 11.9. The van der Waals surface area contributed by atoms with Crippen molar-refractivity contribution in [1.82, 2.24) is 0 Å². The lowest BCUT2D eigenvalue weighted by molar-refractivity contribution is -0.890. The molecule has 0 spiro atoms. The number of esters is 1. The Bertz CT molecular complexity index is 353. The smallest absolute Gasteiger partial charge is 0.311 e. The normalized spacial score (nSPS) is 13.9. The van der Waals surface area contributed by atoms with Crippen LogP contribution in [-0.2, 0) is 9.53 Å². The van der Waals surface area contributed by atoms with Gasteiger partial charge in [0.1, 0.15) is 13.2 Å². The molecule has 0 atom stereocenters. The third-order valence-electron chi connectivity index (χ3n) is 4.29. The second-order valence-electron chi connectivity index (χ2n) is 7.48. The first-order valence-electron chi connectivity index (χ1n) is 8.35. The fourth-order valence-corrected chi connectivity index (χ4v) is 2.60. The quantitative estimate of drug-likeness (QED) is 0.318. The van der Waals surface area contributed by atoms with Crippen molar-refractivity contribution in [2.75, 3.05) is 39.5 Å². The molecule has 0 saturated carbocycles. The van der Waals surface area contributed by atoms with E-state index in [-0.39, 0.29) is 11.7 Å². The molecule has 0 unspecified atom stereocenters. The third kappa shape index (κ3) is 11.8. The van der Waals surface area contributed by atoms with E-state index < -0.39 is 16.3 Å². The molecule has 7 heteroatoms. The van der Waals surface area contributed by atoms with Gasteiger partial charge in [-0.25, -0.2) is 0 Å². The number of ether oxygens (including phenoxy) is 1. The number of carbonyl (C=O) groups excluding carboxylic acids is 1. The summed E-state index contributed by atoms with van der Waals surface area (Å²) in [5.41, 5.74) is -0.421. The molecule has 0 aliphatic carbocycles. The molecule has 0 bridgehead atoms. The van der Waals surface area contributed by atoms with E-state index in [1.54, 1.807) is 0 Å². The van der Waals surface area contributed by atoms with Crippen molar-refractivity contribution in [2.45, 2.75) is 52.9 Å². The van der Waals surface area contributed by atoms with Crippen LogP contribution in [0.2, 0.25) is 0 Å². The van der Waals surface area contributed by atoms with Crippen molar-refractivity contribution in [2.24, 2.45) is 5.41 Å². The Morgan fingerprint density at radius 1 is 1.13 bits per heavy atom. The maximum Gasteiger partial charge on any atom is 0.311 e. The fraction of sp³-hybridized carbons (Fsp3) is 0.938. The second-order valence-corrected chi connectivity index (χ2v) is 9.10. The average Bonchev–Trinajstić information content (AvgIpc) is 2.41. The van der Waals surface area contributed by atoms with Crippen LogP contribution in [0.15, 0.2) is 0 Å². The summed E-state index contributed by atoms with van der Waals surface area (Å²) >= 11 is 0. The van der Waals surface area contributed by atoms with Crippen LogP contribution in [0.1, 0.15) is 52.9 Å². The molecule has 0 aliphatic rings. The Hall–Kier alpha value is -0.340. The molecule has 2 N–H and O–H groups in total. The highest BCUT2D eigenvalue weighted by Crippen LogP contribution is 2.33. The molecule has 0 aromatic rings. The number of likely N-dealkylation sites (N-methyl/N-ethyl adjacent to an activating group) is 1. The summed E-state index contributed by atoms with van der Waals surface area (Å²) in [6.07, 6.45) is 4.11. The molecule has 140 valence electrons. The summed E-state index contributed by atoms with van der Waals surface area (Å²) in [6, 6.07) is 0. The van der Waals surface area contributed by atoms with Crippen molar-refractivity contribution in [3.8, 4) is 0 Å². The van der Waals surface area contributed by atoms with E-state index in [4.69, 9.17) is 13.8 Å². The molecule has 0 heterocycles. The van der Waals surface area contributed by atoms with Crippen LogP contribution >= 0.6 is 10.9 Å². The highest BCUT2D eigenvalue weighted by Gasteiger charge is 2.27. The van der Waals surface area contributed by atoms with Crippen molar-refractivity contribution < 1.29 is 27.7 Å². The largest absolute Gasteiger partial charge is 0.773 e. The summed E-state index contributed by atoms with van der Waals surface area (Å²) in [5, 5.41) is 0. The maximum absolute atomic E-state index is 11.9. The van der Waals surface area contributed by atoms with Gasteiger partial charge in [0.2, 0.25) is 0 Å². The molecule has 0 saturated heterocycles. The van der Waals surface area contributed by atoms with Gasteiger partial charge >= 0.3 is 5.97 Å². The Balaban J connectivity index is 3.83. The molecule has 0 amide bonds. The van der Waals surface area contributed by atoms with Crippen LogP contribution in [0.25, 0.3) is 0 Å². The minimum Gasteiger partial charge on any atom is -0.773 e. The number of hydrogen-bond acceptors (Lipinski definition) is 5. The van der Waals surface area contributed by atoms with Gasteiger partial charge in [-0.1, -0.05) is 13.3 Å². The first kappa shape index (κ1) is 22.7. The van der Waals surface area contributed by atoms with Crippen LogP contribution < -0.4 is 0 Å². The summed E-state index contributed by atoms with van der Waals surface area (Å²) in [5.74, 6) is -0.189. The van der Waals surface area contributed by atoms with Crippen LogP contribution in [-0.4, -0.2) is 63.7 Å². The molecular formula is C16H35NO5S. The molecule has 0 aromatic carbocycles. The van der Waals surface area contributed by atoms with E-state index in [1.807, 2.05) is 20.8 Å². The summed E-state index contributed by atoms with van der Waals surface area (Å²) in [4.78, 5) is 11.9. The SMILES string of the molecule is CCC(C)(C)C(=O)OCC[N+](C)(C)CCCCCCS([O-])(O)O. The van der Waals surface area contributed by atoms with Crippen molar-refractivity contribution >= 4 is 16.8 Å². The Kier molecular flexibility index (Phi) is 9.69. The summed E-state index contributed by atoms with van der Waals surface area (Å²) in [6.45, 7) is 7.92. The minimum atomic E-state index is -3.58. The van der Waals surface area contributed by atoms with Gasteiger partial charge in [-0.2, -0.15) is 0 Å². The number of hydrogen-bond donors (Lipinski definition) is 2. The molecular weight excluding hydrogens is 318 g/mol. The van der Waals surface area contributed by atoms with Gasteiger partial charge in [-0.3, -0.25) is 4.79 Å². The van der Waals surface area contributed by atoms with E-state index >= 15 is 0 Å². The van der Waals surface area contributed by atoms with Crippen LogP contribution in [0.3, 0.4) is 0 Å². The van der Waals surface area contributed by atoms with E-state index in [9.17, 15) is 9.35 Å². The van der Waals surface area contributed by atoms with E-state index in [1.165, 1.54) is 0 Å². The van der Waals surface area contributed by atoms with Gasteiger partial charge < -0.3 is 22.9 Å². The number of carbonyl (C=O) groups is 1. The highest BCUT2D eigenvalue weighted by molar-refractivity contribution is 8.19. The van der Waals surface area contributed by atoms with Gasteiger partial charge in [0, 0.05) is 5.75 Å². The Labute approximate surface area is 143 Å². The lowest BCUT2D eigenvalue weighted by Crippen LogP contribution is -2.43. The zero-order chi connectivity index (χ0) is 18.1. The van der Waals surface area contributed by atoms with E-state index in [0.29, 0.717) is 13.0 Å². The Morgan fingerprint density at radius 2 is 1.70 bits per heavy atom. The van der Waals surface area contributed by atoms with Gasteiger partial charge in [0.05, 0.1) is 26.1 Å². The van der Waals surface area contributed by atoms with Crippen molar-refractivity contribution in [1.29, 1.82) is 0 Å². The van der Waals surface area contributed by atoms with Crippen molar-refractivity contribution in [3.05, 3.63) is 0 Å². The third-order valence-corrected chi connectivity index (χ3v) is 5.11. The lowest BCUT2D eigenvalue weighted by atomic mass is 9.91. The van der Waals surface area contributed by atoms with Gasteiger partial charge in [-0.05, 0) is 39.5 Å². The van der Waals surface area contributed by atoms with Gasteiger partial charge in [-0.15, -0.1) is 10.9 Å². The molecule has 0 fully saturated rings. The summed E-state index contributed by atoms with van der Waals surface area (Å²) < 4.78 is 34.4. The number of rotatable bonds is 12. The van der Waals surface area contributed by atoms with Crippen molar-refractivity contribution in [3.63, 3.8) is 0 Å². The zero-order valence-corrected chi connectivity index (χ0v) is 16.2. The molecule has 23 heavy (non-hydrogen) atoms. The zero-order valence-electron chi connectivity index (χ0n) is 15.3. The number of quaternary nitrogens is 1.